The highest BCUT2D eigenvalue weighted by molar-refractivity contribution is 6.32. The molecule has 1 amide bonds. The molecule has 1 aromatic carbocycles. The van der Waals surface area contributed by atoms with Crippen molar-refractivity contribution in [3.05, 3.63) is 68.1 Å². The minimum atomic E-state index is -0.608. The maximum atomic E-state index is 12.7. The number of aromatic nitrogens is 2. The average molecular weight is 379 g/mol. The molecule has 0 unspecified atom stereocenters. The number of rotatable bonds is 4. The number of carbonyl (C=O) groups is 1. The molecular formula is C16H12Cl2N4O3. The van der Waals surface area contributed by atoms with E-state index in [0.717, 1.165) is 0 Å². The fourth-order valence-electron chi connectivity index (χ4n) is 2.48. The zero-order valence-electron chi connectivity index (χ0n) is 13.0. The molecule has 0 saturated heterocycles. The number of nitro benzene ring substituents is 1. The first-order chi connectivity index (χ1) is 11.9. The highest BCUT2D eigenvalue weighted by atomic mass is 35.5. The molecule has 0 saturated carbocycles. The Bertz CT molecular complexity index is 1000. The van der Waals surface area contributed by atoms with Gasteiger partial charge in [0, 0.05) is 18.0 Å². The Balaban J connectivity index is 2.02. The average Bonchev–Trinajstić information content (AvgIpc) is 2.94. The molecule has 0 fully saturated rings. The van der Waals surface area contributed by atoms with E-state index in [4.69, 9.17) is 23.2 Å². The Morgan fingerprint density at radius 1 is 1.32 bits per heavy atom. The van der Waals surface area contributed by atoms with Gasteiger partial charge in [0.25, 0.3) is 11.6 Å². The van der Waals surface area contributed by atoms with E-state index < -0.39 is 10.8 Å². The summed E-state index contributed by atoms with van der Waals surface area (Å²) in [5.74, 6) is -0.441. The Labute approximate surface area is 152 Å². The third kappa shape index (κ3) is 3.29. The Kier molecular flexibility index (Phi) is 4.61. The van der Waals surface area contributed by atoms with Crippen LogP contribution >= 0.6 is 23.2 Å². The first kappa shape index (κ1) is 17.2. The van der Waals surface area contributed by atoms with Gasteiger partial charge in [0.05, 0.1) is 15.6 Å². The summed E-state index contributed by atoms with van der Waals surface area (Å²) >= 11 is 11.8. The van der Waals surface area contributed by atoms with Crippen molar-refractivity contribution in [2.75, 3.05) is 5.32 Å². The molecule has 9 heteroatoms. The lowest BCUT2D eigenvalue weighted by molar-refractivity contribution is -0.384. The number of benzene rings is 1. The van der Waals surface area contributed by atoms with E-state index in [-0.39, 0.29) is 16.4 Å². The minimum Gasteiger partial charge on any atom is -0.320 e. The third-order valence-corrected chi connectivity index (χ3v) is 4.15. The monoisotopic (exact) mass is 378 g/mol. The Morgan fingerprint density at radius 2 is 2.08 bits per heavy atom. The molecule has 0 aliphatic heterocycles. The van der Waals surface area contributed by atoms with E-state index in [1.165, 1.54) is 18.2 Å². The van der Waals surface area contributed by atoms with Crippen LogP contribution in [0.1, 0.15) is 23.1 Å². The number of halogens is 2. The quantitative estimate of drug-likeness (QED) is 0.539. The highest BCUT2D eigenvalue weighted by Gasteiger charge is 2.20. The number of carbonyl (C=O) groups excluding carboxylic acids is 1. The molecule has 3 aromatic rings. The number of pyridine rings is 1. The van der Waals surface area contributed by atoms with Crippen LogP contribution in [0, 0.1) is 10.1 Å². The van der Waals surface area contributed by atoms with E-state index in [9.17, 15) is 14.9 Å². The van der Waals surface area contributed by atoms with Gasteiger partial charge in [0.1, 0.15) is 16.4 Å². The summed E-state index contributed by atoms with van der Waals surface area (Å²) in [5.41, 5.74) is 1.51. The van der Waals surface area contributed by atoms with E-state index >= 15 is 0 Å². The summed E-state index contributed by atoms with van der Waals surface area (Å²) in [6.07, 6.45) is 2.14. The van der Waals surface area contributed by atoms with E-state index in [1.807, 2.05) is 6.92 Å². The van der Waals surface area contributed by atoms with E-state index in [0.29, 0.717) is 28.5 Å². The van der Waals surface area contributed by atoms with E-state index in [2.05, 4.69) is 10.3 Å². The van der Waals surface area contributed by atoms with Gasteiger partial charge >= 0.3 is 0 Å². The van der Waals surface area contributed by atoms with Gasteiger partial charge < -0.3 is 5.32 Å². The van der Waals surface area contributed by atoms with Crippen molar-refractivity contribution in [1.29, 1.82) is 0 Å². The molecule has 2 aromatic heterocycles. The number of fused-ring (bicyclic) bond motifs is 1. The molecule has 0 aliphatic carbocycles. The zero-order valence-corrected chi connectivity index (χ0v) is 14.5. The van der Waals surface area contributed by atoms with Crippen molar-refractivity contribution >= 4 is 46.1 Å². The lowest BCUT2D eigenvalue weighted by Gasteiger charge is -2.07. The number of nitrogens with zero attached hydrogens (tertiary/aromatic N) is 3. The van der Waals surface area contributed by atoms with Crippen molar-refractivity contribution in [1.82, 2.24) is 9.38 Å². The van der Waals surface area contributed by atoms with Gasteiger partial charge in [-0.15, -0.1) is 0 Å². The fraction of sp³-hybridized carbons (Fsp3) is 0.125. The molecule has 7 nitrogen and oxygen atoms in total. The van der Waals surface area contributed by atoms with Gasteiger partial charge in [-0.25, -0.2) is 4.98 Å². The van der Waals surface area contributed by atoms with Gasteiger partial charge in [-0.2, -0.15) is 0 Å². The van der Waals surface area contributed by atoms with E-state index in [1.54, 1.807) is 22.7 Å². The number of amides is 1. The highest BCUT2D eigenvalue weighted by Crippen LogP contribution is 2.28. The van der Waals surface area contributed by atoms with Crippen LogP contribution in [0.2, 0.25) is 10.0 Å². The SMILES string of the molecule is CCc1nc2ccc(Cl)cn2c1C(=O)Nc1ccc(Cl)c([N+](=O)[O-])c1. The van der Waals surface area contributed by atoms with Crippen molar-refractivity contribution in [2.24, 2.45) is 0 Å². The maximum absolute atomic E-state index is 12.7. The number of imidazole rings is 1. The third-order valence-electron chi connectivity index (χ3n) is 3.61. The number of hydrogen-bond acceptors (Lipinski definition) is 4. The van der Waals surface area contributed by atoms with Crippen LogP contribution in [0.15, 0.2) is 36.5 Å². The number of hydrogen-bond donors (Lipinski definition) is 1. The summed E-state index contributed by atoms with van der Waals surface area (Å²) in [5, 5.41) is 14.1. The Morgan fingerprint density at radius 3 is 2.76 bits per heavy atom. The second-order valence-corrected chi connectivity index (χ2v) is 6.06. The van der Waals surface area contributed by atoms with Crippen molar-refractivity contribution < 1.29 is 9.72 Å². The lowest BCUT2D eigenvalue weighted by Crippen LogP contribution is -2.16. The number of anilines is 1. The molecule has 3 rings (SSSR count). The van der Waals surface area contributed by atoms with Crippen LogP contribution in [0.3, 0.4) is 0 Å². The molecule has 0 atom stereocenters. The largest absolute Gasteiger partial charge is 0.320 e. The summed E-state index contributed by atoms with van der Waals surface area (Å²) in [6, 6.07) is 7.47. The summed E-state index contributed by atoms with van der Waals surface area (Å²) in [4.78, 5) is 27.5. The number of aryl methyl sites for hydroxylation is 1. The molecular weight excluding hydrogens is 367 g/mol. The lowest BCUT2D eigenvalue weighted by atomic mass is 10.2. The molecule has 0 aliphatic rings. The second kappa shape index (κ2) is 6.70. The predicted molar refractivity (Wildman–Crippen MR) is 95.6 cm³/mol. The van der Waals surface area contributed by atoms with Crippen molar-refractivity contribution in [2.45, 2.75) is 13.3 Å². The van der Waals surface area contributed by atoms with Gasteiger partial charge in [0.2, 0.25) is 0 Å². The number of nitro groups is 1. The molecule has 0 spiro atoms. The first-order valence-corrected chi connectivity index (χ1v) is 8.08. The topological polar surface area (TPSA) is 89.5 Å². The van der Waals surface area contributed by atoms with Crippen LogP contribution in [-0.4, -0.2) is 20.2 Å². The van der Waals surface area contributed by atoms with Gasteiger partial charge in [0.15, 0.2) is 0 Å². The van der Waals surface area contributed by atoms with Crippen LogP contribution in [0.25, 0.3) is 5.65 Å². The van der Waals surface area contributed by atoms with Crippen LogP contribution in [0.5, 0.6) is 0 Å². The molecule has 128 valence electrons. The maximum Gasteiger partial charge on any atom is 0.289 e. The van der Waals surface area contributed by atoms with Crippen LogP contribution < -0.4 is 5.32 Å². The number of nitrogens with one attached hydrogen (secondary N) is 1. The van der Waals surface area contributed by atoms with Crippen molar-refractivity contribution in [3.63, 3.8) is 0 Å². The first-order valence-electron chi connectivity index (χ1n) is 7.32. The zero-order chi connectivity index (χ0) is 18.1. The standard InChI is InChI=1S/C16H12Cl2N4O3/c1-2-12-15(21-8-9(17)3-6-14(21)20-12)16(23)19-10-4-5-11(18)13(7-10)22(24)25/h3-8H,2H2,1H3,(H,19,23). The summed E-state index contributed by atoms with van der Waals surface area (Å²) in [7, 11) is 0. The molecule has 0 bridgehead atoms. The minimum absolute atomic E-state index is 0.00108. The summed E-state index contributed by atoms with van der Waals surface area (Å²) in [6.45, 7) is 1.88. The van der Waals surface area contributed by atoms with Gasteiger partial charge in [-0.05, 0) is 30.7 Å². The van der Waals surface area contributed by atoms with Gasteiger partial charge in [-0.1, -0.05) is 30.1 Å². The molecule has 0 radical (unpaired) electrons. The smallest absolute Gasteiger partial charge is 0.289 e. The molecule has 1 N–H and O–H groups in total. The second-order valence-electron chi connectivity index (χ2n) is 5.21. The predicted octanol–water partition coefficient (Wildman–Crippen LogP) is 4.36. The normalized spacial score (nSPS) is 10.8. The fourth-order valence-corrected chi connectivity index (χ4v) is 2.82. The molecule has 2 heterocycles. The van der Waals surface area contributed by atoms with Crippen molar-refractivity contribution in [3.8, 4) is 0 Å². The van der Waals surface area contributed by atoms with Crippen LogP contribution in [-0.2, 0) is 6.42 Å². The van der Waals surface area contributed by atoms with Gasteiger partial charge in [-0.3, -0.25) is 19.3 Å². The Hall–Kier alpha value is -2.64. The van der Waals surface area contributed by atoms with Crippen LogP contribution in [0.4, 0.5) is 11.4 Å². The summed E-state index contributed by atoms with van der Waals surface area (Å²) < 4.78 is 1.60. The molecule has 25 heavy (non-hydrogen) atoms.